The van der Waals surface area contributed by atoms with E-state index in [4.69, 9.17) is 4.74 Å². The first-order chi connectivity index (χ1) is 9.08. The molecule has 19 heavy (non-hydrogen) atoms. The molecule has 0 aromatic heterocycles. The number of aryl methyl sites for hydroxylation is 1. The first kappa shape index (κ1) is 13.0. The fraction of sp³-hybridized carbons (Fsp3) is 0.125. The number of aromatic hydroxyl groups is 2. The van der Waals surface area contributed by atoms with Gasteiger partial charge < -0.3 is 14.9 Å². The summed E-state index contributed by atoms with van der Waals surface area (Å²) in [6.07, 6.45) is 3.75. The lowest BCUT2D eigenvalue weighted by atomic mass is 10.1. The van der Waals surface area contributed by atoms with Crippen LogP contribution in [-0.2, 0) is 0 Å². The smallest absolute Gasteiger partial charge is 0.121 e. The maximum absolute atomic E-state index is 9.39. The molecule has 0 amide bonds. The van der Waals surface area contributed by atoms with Crippen molar-refractivity contribution < 1.29 is 14.9 Å². The van der Waals surface area contributed by atoms with Gasteiger partial charge in [-0.2, -0.15) is 0 Å². The Hall–Kier alpha value is -2.42. The van der Waals surface area contributed by atoms with Crippen LogP contribution >= 0.6 is 0 Å². The number of hydrogen-bond donors (Lipinski definition) is 2. The molecule has 0 spiro atoms. The van der Waals surface area contributed by atoms with Gasteiger partial charge in [0.2, 0.25) is 0 Å². The van der Waals surface area contributed by atoms with E-state index < -0.39 is 0 Å². The lowest BCUT2D eigenvalue weighted by Crippen LogP contribution is -1.86. The van der Waals surface area contributed by atoms with Crippen molar-refractivity contribution in [1.82, 2.24) is 0 Å². The quantitative estimate of drug-likeness (QED) is 0.825. The van der Waals surface area contributed by atoms with Crippen LogP contribution in [0.2, 0.25) is 0 Å². The third-order valence-electron chi connectivity index (χ3n) is 2.81. The van der Waals surface area contributed by atoms with Gasteiger partial charge in [-0.05, 0) is 47.9 Å². The average molecular weight is 256 g/mol. The number of phenolic OH excluding ortho intramolecular Hbond substituents is 2. The third-order valence-corrected chi connectivity index (χ3v) is 2.81. The number of hydrogen-bond acceptors (Lipinski definition) is 3. The molecular weight excluding hydrogens is 240 g/mol. The van der Waals surface area contributed by atoms with Crippen LogP contribution in [0.5, 0.6) is 17.2 Å². The number of phenols is 2. The lowest BCUT2D eigenvalue weighted by Gasteiger charge is -2.04. The minimum atomic E-state index is 0.0468. The molecule has 2 aromatic rings. The molecule has 3 nitrogen and oxygen atoms in total. The molecule has 0 atom stereocenters. The van der Waals surface area contributed by atoms with Crippen LogP contribution in [0, 0.1) is 6.92 Å². The van der Waals surface area contributed by atoms with E-state index in [1.165, 1.54) is 6.07 Å². The number of rotatable bonds is 3. The Morgan fingerprint density at radius 3 is 2.11 bits per heavy atom. The fourth-order valence-electron chi connectivity index (χ4n) is 1.91. The van der Waals surface area contributed by atoms with Gasteiger partial charge in [0.15, 0.2) is 0 Å². The van der Waals surface area contributed by atoms with E-state index in [0.29, 0.717) is 0 Å². The Balaban J connectivity index is 2.24. The largest absolute Gasteiger partial charge is 0.508 e. The summed E-state index contributed by atoms with van der Waals surface area (Å²) >= 11 is 0. The summed E-state index contributed by atoms with van der Waals surface area (Å²) in [7, 11) is 1.65. The molecule has 0 fully saturated rings. The van der Waals surface area contributed by atoms with E-state index in [0.717, 1.165) is 22.4 Å². The molecule has 2 rings (SSSR count). The van der Waals surface area contributed by atoms with Crippen molar-refractivity contribution in [3.63, 3.8) is 0 Å². The second-order valence-corrected chi connectivity index (χ2v) is 4.35. The van der Waals surface area contributed by atoms with Gasteiger partial charge in [-0.25, -0.2) is 0 Å². The molecule has 98 valence electrons. The van der Waals surface area contributed by atoms with Crippen LogP contribution in [-0.4, -0.2) is 17.3 Å². The predicted octanol–water partition coefficient (Wildman–Crippen LogP) is 3.59. The van der Waals surface area contributed by atoms with Crippen LogP contribution in [0.1, 0.15) is 16.7 Å². The summed E-state index contributed by atoms with van der Waals surface area (Å²) in [6.45, 7) is 1.98. The van der Waals surface area contributed by atoms with Crippen molar-refractivity contribution >= 4 is 12.2 Å². The number of benzene rings is 2. The van der Waals surface area contributed by atoms with Gasteiger partial charge in [-0.15, -0.1) is 0 Å². The first-order valence-electron chi connectivity index (χ1n) is 5.94. The van der Waals surface area contributed by atoms with Crippen LogP contribution in [0.15, 0.2) is 36.4 Å². The maximum Gasteiger partial charge on any atom is 0.121 e. The van der Waals surface area contributed by atoms with E-state index in [2.05, 4.69) is 0 Å². The van der Waals surface area contributed by atoms with E-state index in [1.807, 2.05) is 37.3 Å². The highest BCUT2D eigenvalue weighted by atomic mass is 16.5. The molecule has 2 N–H and O–H groups in total. The standard InChI is InChI=1S/C16H16O3/c1-11-7-12(5-6-16(11)19-2)3-4-13-8-14(17)10-15(18)9-13/h3-10,17-18H,1-2H3/b4-3+. The predicted molar refractivity (Wildman–Crippen MR) is 76.4 cm³/mol. The molecular formula is C16H16O3. The van der Waals surface area contributed by atoms with E-state index in [9.17, 15) is 10.2 Å². The summed E-state index contributed by atoms with van der Waals surface area (Å²) in [6, 6.07) is 10.4. The highest BCUT2D eigenvalue weighted by molar-refractivity contribution is 5.71. The van der Waals surface area contributed by atoms with Crippen molar-refractivity contribution in [2.45, 2.75) is 6.92 Å². The molecule has 0 bridgehead atoms. The van der Waals surface area contributed by atoms with Gasteiger partial charge in [0.25, 0.3) is 0 Å². The van der Waals surface area contributed by atoms with Crippen LogP contribution < -0.4 is 4.74 Å². The normalized spacial score (nSPS) is 10.8. The van der Waals surface area contributed by atoms with Gasteiger partial charge in [-0.3, -0.25) is 0 Å². The highest BCUT2D eigenvalue weighted by Gasteiger charge is 1.98. The van der Waals surface area contributed by atoms with Crippen molar-refractivity contribution in [1.29, 1.82) is 0 Å². The summed E-state index contributed by atoms with van der Waals surface area (Å²) in [4.78, 5) is 0. The van der Waals surface area contributed by atoms with Crippen LogP contribution in [0.25, 0.3) is 12.2 Å². The van der Waals surface area contributed by atoms with Gasteiger partial charge >= 0.3 is 0 Å². The summed E-state index contributed by atoms with van der Waals surface area (Å²) < 4.78 is 5.20. The summed E-state index contributed by atoms with van der Waals surface area (Å²) in [5, 5.41) is 18.8. The molecule has 0 saturated carbocycles. The Labute approximate surface area is 112 Å². The molecule has 0 heterocycles. The van der Waals surface area contributed by atoms with Crippen molar-refractivity contribution in [2.24, 2.45) is 0 Å². The monoisotopic (exact) mass is 256 g/mol. The Morgan fingerprint density at radius 2 is 1.53 bits per heavy atom. The topological polar surface area (TPSA) is 49.7 Å². The van der Waals surface area contributed by atoms with Gasteiger partial charge in [0.05, 0.1) is 7.11 Å². The minimum absolute atomic E-state index is 0.0468. The number of ether oxygens (including phenoxy) is 1. The zero-order valence-electron chi connectivity index (χ0n) is 10.9. The summed E-state index contributed by atoms with van der Waals surface area (Å²) in [5.41, 5.74) is 2.83. The fourth-order valence-corrected chi connectivity index (χ4v) is 1.91. The van der Waals surface area contributed by atoms with Gasteiger partial charge in [-0.1, -0.05) is 18.2 Å². The van der Waals surface area contributed by atoms with Crippen LogP contribution in [0.3, 0.4) is 0 Å². The Bertz CT molecular complexity index is 595. The second kappa shape index (κ2) is 5.48. The molecule has 0 aliphatic heterocycles. The summed E-state index contributed by atoms with van der Waals surface area (Å²) in [5.74, 6) is 0.947. The molecule has 3 heteroatoms. The molecule has 2 aromatic carbocycles. The Kier molecular flexibility index (Phi) is 3.76. The van der Waals surface area contributed by atoms with Crippen molar-refractivity contribution in [3.05, 3.63) is 53.1 Å². The Morgan fingerprint density at radius 1 is 0.895 bits per heavy atom. The zero-order valence-corrected chi connectivity index (χ0v) is 10.9. The molecule has 0 aliphatic rings. The molecule has 0 saturated heterocycles. The molecule has 0 unspecified atom stereocenters. The van der Waals surface area contributed by atoms with E-state index in [1.54, 1.807) is 19.2 Å². The van der Waals surface area contributed by atoms with Gasteiger partial charge in [0.1, 0.15) is 17.2 Å². The van der Waals surface area contributed by atoms with Crippen LogP contribution in [0.4, 0.5) is 0 Å². The van der Waals surface area contributed by atoms with E-state index in [-0.39, 0.29) is 11.5 Å². The third kappa shape index (κ3) is 3.28. The average Bonchev–Trinajstić information content (AvgIpc) is 2.35. The number of methoxy groups -OCH3 is 1. The molecule has 0 radical (unpaired) electrons. The minimum Gasteiger partial charge on any atom is -0.508 e. The highest BCUT2D eigenvalue weighted by Crippen LogP contribution is 2.23. The first-order valence-corrected chi connectivity index (χ1v) is 5.94. The lowest BCUT2D eigenvalue weighted by molar-refractivity contribution is 0.411. The van der Waals surface area contributed by atoms with Crippen molar-refractivity contribution in [3.8, 4) is 17.2 Å². The van der Waals surface area contributed by atoms with Gasteiger partial charge in [0, 0.05) is 6.07 Å². The molecule has 0 aliphatic carbocycles. The van der Waals surface area contributed by atoms with Crippen molar-refractivity contribution in [2.75, 3.05) is 7.11 Å². The SMILES string of the molecule is COc1ccc(/C=C/c2cc(O)cc(O)c2)cc1C. The van der Waals surface area contributed by atoms with E-state index >= 15 is 0 Å². The maximum atomic E-state index is 9.39. The zero-order chi connectivity index (χ0) is 13.8. The second-order valence-electron chi connectivity index (χ2n) is 4.35.